The molecule has 0 bridgehead atoms. The minimum absolute atomic E-state index is 0.392. The maximum absolute atomic E-state index is 5.40. The van der Waals surface area contributed by atoms with Crippen LogP contribution in [-0.2, 0) is 0 Å². The Morgan fingerprint density at radius 1 is 0.762 bits per heavy atom. The number of methoxy groups -OCH3 is 2. The Morgan fingerprint density at radius 3 is 1.57 bits per heavy atom. The van der Waals surface area contributed by atoms with Gasteiger partial charge in [0.25, 0.3) is 11.8 Å². The Morgan fingerprint density at radius 2 is 1.19 bits per heavy atom. The van der Waals surface area contributed by atoms with Gasteiger partial charge in [-0.2, -0.15) is 0 Å². The van der Waals surface area contributed by atoms with Crippen molar-refractivity contribution in [2.75, 3.05) is 14.2 Å². The van der Waals surface area contributed by atoms with E-state index in [1.807, 2.05) is 26.0 Å². The maximum Gasteiger partial charge on any atom is 0.658 e. The number of hydrogen-bond acceptors (Lipinski definition) is 6. The van der Waals surface area contributed by atoms with Crippen molar-refractivity contribution in [2.24, 2.45) is 0 Å². The van der Waals surface area contributed by atoms with E-state index in [-0.39, 0.29) is 0 Å². The van der Waals surface area contributed by atoms with Crippen molar-refractivity contribution in [1.82, 2.24) is 9.97 Å². The Bertz CT molecular complexity index is 568. The molecule has 0 N–H and O–H groups in total. The molecule has 0 saturated heterocycles. The molecule has 0 unspecified atom stereocenters. The van der Waals surface area contributed by atoms with Gasteiger partial charge < -0.3 is 18.8 Å². The smallest absolute Gasteiger partial charge is 0.522 e. The van der Waals surface area contributed by atoms with E-state index in [4.69, 9.17) is 18.8 Å². The van der Waals surface area contributed by atoms with Crippen LogP contribution in [0.4, 0.5) is 0 Å². The van der Waals surface area contributed by atoms with Crippen LogP contribution in [0.3, 0.4) is 0 Å². The summed E-state index contributed by atoms with van der Waals surface area (Å²) in [6.07, 6.45) is 0. The van der Waals surface area contributed by atoms with Crippen molar-refractivity contribution in [3.05, 3.63) is 35.7 Å². The molecule has 7 heteroatoms. The summed E-state index contributed by atoms with van der Waals surface area (Å²) in [5.74, 6) is 1.71. The zero-order valence-corrected chi connectivity index (χ0v) is 12.4. The van der Waals surface area contributed by atoms with Gasteiger partial charge in [-0.1, -0.05) is 0 Å². The van der Waals surface area contributed by atoms with Crippen LogP contribution in [0.1, 0.15) is 11.4 Å². The monoisotopic (exact) mass is 287 g/mol. The summed E-state index contributed by atoms with van der Waals surface area (Å²) >= 11 is 0. The first kappa shape index (κ1) is 15.0. The van der Waals surface area contributed by atoms with Crippen LogP contribution in [0.15, 0.2) is 24.3 Å². The van der Waals surface area contributed by atoms with Crippen molar-refractivity contribution in [2.45, 2.75) is 13.8 Å². The van der Waals surface area contributed by atoms with E-state index in [0.29, 0.717) is 23.3 Å². The molecule has 0 aliphatic heterocycles. The first-order valence-corrected chi connectivity index (χ1v) is 6.32. The van der Waals surface area contributed by atoms with E-state index in [1.54, 1.807) is 12.1 Å². The van der Waals surface area contributed by atoms with Crippen LogP contribution in [-0.4, -0.2) is 31.9 Å². The highest BCUT2D eigenvalue weighted by Gasteiger charge is 2.12. The SMILES string of the molecule is COc1nc(C)ccc1O[B]Oc1ccc(C)nc1OC. The molecule has 109 valence electrons. The highest BCUT2D eigenvalue weighted by atomic mass is 16.6. The summed E-state index contributed by atoms with van der Waals surface area (Å²) in [6.45, 7) is 3.74. The fourth-order valence-corrected chi connectivity index (χ4v) is 1.64. The fourth-order valence-electron chi connectivity index (χ4n) is 1.64. The summed E-state index contributed by atoms with van der Waals surface area (Å²) in [5, 5.41) is 0. The maximum atomic E-state index is 5.40. The van der Waals surface area contributed by atoms with Gasteiger partial charge >= 0.3 is 7.69 Å². The molecule has 1 radical (unpaired) electrons. The van der Waals surface area contributed by atoms with Crippen molar-refractivity contribution >= 4 is 7.69 Å². The van der Waals surface area contributed by atoms with Gasteiger partial charge in [-0.25, -0.2) is 9.97 Å². The topological polar surface area (TPSA) is 62.7 Å². The van der Waals surface area contributed by atoms with Crippen molar-refractivity contribution < 1.29 is 18.8 Å². The van der Waals surface area contributed by atoms with Crippen LogP contribution in [0, 0.1) is 13.8 Å². The molecule has 2 heterocycles. The van der Waals surface area contributed by atoms with E-state index >= 15 is 0 Å². The molecular formula is C14H16BN2O4. The summed E-state index contributed by atoms with van der Waals surface area (Å²) in [7, 11) is 4.24. The Kier molecular flexibility index (Phi) is 4.87. The average Bonchev–Trinajstić information content (AvgIpc) is 2.49. The Balaban J connectivity index is 2.02. The third kappa shape index (κ3) is 3.78. The minimum atomic E-state index is 0.392. The Labute approximate surface area is 124 Å². The quantitative estimate of drug-likeness (QED) is 0.758. The molecule has 0 aromatic carbocycles. The van der Waals surface area contributed by atoms with Gasteiger partial charge in [0.1, 0.15) is 0 Å². The molecule has 0 amide bonds. The predicted molar refractivity (Wildman–Crippen MR) is 78.1 cm³/mol. The number of aromatic nitrogens is 2. The first-order chi connectivity index (χ1) is 10.1. The zero-order chi connectivity index (χ0) is 15.2. The number of pyridine rings is 2. The molecule has 2 aromatic heterocycles. The summed E-state index contributed by atoms with van der Waals surface area (Å²) < 4.78 is 21.1. The third-order valence-corrected chi connectivity index (χ3v) is 2.67. The van der Waals surface area contributed by atoms with Crippen molar-refractivity contribution in [3.8, 4) is 23.3 Å². The molecule has 2 rings (SSSR count). The lowest BCUT2D eigenvalue weighted by Gasteiger charge is -2.11. The van der Waals surface area contributed by atoms with Crippen molar-refractivity contribution in [3.63, 3.8) is 0 Å². The van der Waals surface area contributed by atoms with Gasteiger partial charge in [0.05, 0.1) is 14.2 Å². The molecule has 0 fully saturated rings. The highest BCUT2D eigenvalue weighted by molar-refractivity contribution is 6.21. The van der Waals surface area contributed by atoms with Crippen molar-refractivity contribution in [1.29, 1.82) is 0 Å². The molecular weight excluding hydrogens is 271 g/mol. The van der Waals surface area contributed by atoms with E-state index in [9.17, 15) is 0 Å². The number of ether oxygens (including phenoxy) is 2. The number of aryl methyl sites for hydroxylation is 2. The van der Waals surface area contributed by atoms with Crippen LogP contribution in [0.25, 0.3) is 0 Å². The summed E-state index contributed by atoms with van der Waals surface area (Å²) in [4.78, 5) is 8.41. The lowest BCUT2D eigenvalue weighted by Crippen LogP contribution is -2.13. The van der Waals surface area contributed by atoms with Crippen LogP contribution in [0.2, 0.25) is 0 Å². The van der Waals surface area contributed by atoms with E-state index < -0.39 is 0 Å². The molecule has 0 spiro atoms. The summed E-state index contributed by atoms with van der Waals surface area (Å²) in [6, 6.07) is 7.15. The van der Waals surface area contributed by atoms with E-state index in [0.717, 1.165) is 11.4 Å². The minimum Gasteiger partial charge on any atom is -0.522 e. The standard InChI is InChI=1S/C14H16BN2O4/c1-9-5-7-11(13(16-9)18-3)20-15-21-12-8-6-10(2)17-14(12)19-4/h5-8H,1-4H3. The van der Waals surface area contributed by atoms with Gasteiger partial charge in [-0.05, 0) is 38.1 Å². The normalized spacial score (nSPS) is 9.90. The van der Waals surface area contributed by atoms with Gasteiger partial charge in [-0.15, -0.1) is 0 Å². The van der Waals surface area contributed by atoms with Gasteiger partial charge in [-0.3, -0.25) is 0 Å². The van der Waals surface area contributed by atoms with Gasteiger partial charge in [0, 0.05) is 11.4 Å². The second kappa shape index (κ2) is 6.83. The zero-order valence-electron chi connectivity index (χ0n) is 12.4. The first-order valence-electron chi connectivity index (χ1n) is 6.32. The van der Waals surface area contributed by atoms with Gasteiger partial charge in [0.2, 0.25) is 0 Å². The second-order valence-electron chi connectivity index (χ2n) is 4.25. The van der Waals surface area contributed by atoms with Crippen LogP contribution < -0.4 is 18.8 Å². The largest absolute Gasteiger partial charge is 0.658 e. The lowest BCUT2D eigenvalue weighted by molar-refractivity contribution is 0.355. The highest BCUT2D eigenvalue weighted by Crippen LogP contribution is 2.26. The molecule has 0 saturated carbocycles. The van der Waals surface area contributed by atoms with Gasteiger partial charge in [0.15, 0.2) is 11.5 Å². The number of rotatable bonds is 6. The predicted octanol–water partition coefficient (Wildman–Crippen LogP) is 2.10. The van der Waals surface area contributed by atoms with E-state index in [1.165, 1.54) is 21.9 Å². The average molecular weight is 287 g/mol. The molecule has 6 nitrogen and oxygen atoms in total. The Hall–Kier alpha value is -2.44. The second-order valence-corrected chi connectivity index (χ2v) is 4.25. The third-order valence-electron chi connectivity index (χ3n) is 2.67. The van der Waals surface area contributed by atoms with Crippen LogP contribution >= 0.6 is 0 Å². The molecule has 0 atom stereocenters. The molecule has 2 aromatic rings. The molecule has 0 aliphatic carbocycles. The number of nitrogens with zero attached hydrogens (tertiary/aromatic N) is 2. The van der Waals surface area contributed by atoms with E-state index in [2.05, 4.69) is 9.97 Å². The fraction of sp³-hybridized carbons (Fsp3) is 0.286. The molecule has 21 heavy (non-hydrogen) atoms. The van der Waals surface area contributed by atoms with Crippen LogP contribution in [0.5, 0.6) is 23.3 Å². The summed E-state index contributed by atoms with van der Waals surface area (Å²) in [5.41, 5.74) is 1.68. The molecule has 0 aliphatic rings. The lowest BCUT2D eigenvalue weighted by atomic mass is 10.3. The number of hydrogen-bond donors (Lipinski definition) is 0.